The van der Waals surface area contributed by atoms with E-state index in [0.29, 0.717) is 11.6 Å². The predicted octanol–water partition coefficient (Wildman–Crippen LogP) is 4.60. The third-order valence-corrected chi connectivity index (χ3v) is 3.58. The molecular formula is C13H8Br2N2O. The molecule has 1 aromatic heterocycles. The van der Waals surface area contributed by atoms with Crippen molar-refractivity contribution in [2.24, 2.45) is 0 Å². The standard InChI is InChI=1S/C13H8Br2N2O/c14-7-1-3-10(16)9(5-7)13-17-11-6-8(15)2-4-12(11)18-13/h1-6H,16H2. The van der Waals surface area contributed by atoms with Crippen molar-refractivity contribution in [3.63, 3.8) is 0 Å². The molecule has 0 aliphatic carbocycles. The summed E-state index contributed by atoms with van der Waals surface area (Å²) in [6.07, 6.45) is 0. The van der Waals surface area contributed by atoms with Gasteiger partial charge in [0, 0.05) is 14.6 Å². The zero-order valence-corrected chi connectivity index (χ0v) is 12.3. The van der Waals surface area contributed by atoms with Crippen molar-refractivity contribution < 1.29 is 4.42 Å². The highest BCUT2D eigenvalue weighted by atomic mass is 79.9. The second-order valence-corrected chi connectivity index (χ2v) is 5.69. The normalized spacial score (nSPS) is 11.0. The summed E-state index contributed by atoms with van der Waals surface area (Å²) in [5.41, 5.74) is 8.92. The van der Waals surface area contributed by atoms with Gasteiger partial charge in [0.25, 0.3) is 0 Å². The van der Waals surface area contributed by atoms with Crippen LogP contribution in [0, 0.1) is 0 Å². The van der Waals surface area contributed by atoms with Crippen molar-refractivity contribution in [3.05, 3.63) is 45.3 Å². The lowest BCUT2D eigenvalue weighted by Gasteiger charge is -2.01. The van der Waals surface area contributed by atoms with E-state index in [0.717, 1.165) is 25.6 Å². The summed E-state index contributed by atoms with van der Waals surface area (Å²) in [5, 5.41) is 0. The fraction of sp³-hybridized carbons (Fsp3) is 0. The first-order valence-electron chi connectivity index (χ1n) is 5.25. The van der Waals surface area contributed by atoms with Gasteiger partial charge in [-0.05, 0) is 36.4 Å². The minimum atomic E-state index is 0.530. The Morgan fingerprint density at radius 2 is 1.72 bits per heavy atom. The molecule has 1 heterocycles. The molecule has 0 saturated heterocycles. The smallest absolute Gasteiger partial charge is 0.229 e. The lowest BCUT2D eigenvalue weighted by molar-refractivity contribution is 0.620. The summed E-state index contributed by atoms with van der Waals surface area (Å²) in [6.45, 7) is 0. The molecule has 0 saturated carbocycles. The molecule has 2 N–H and O–H groups in total. The second-order valence-electron chi connectivity index (χ2n) is 3.86. The van der Waals surface area contributed by atoms with Crippen molar-refractivity contribution in [2.45, 2.75) is 0 Å². The van der Waals surface area contributed by atoms with Crippen molar-refractivity contribution in [3.8, 4) is 11.5 Å². The van der Waals surface area contributed by atoms with Gasteiger partial charge in [0.2, 0.25) is 5.89 Å². The number of nitrogen functional groups attached to an aromatic ring is 1. The third kappa shape index (κ3) is 2.04. The van der Waals surface area contributed by atoms with E-state index in [4.69, 9.17) is 10.2 Å². The summed E-state index contributed by atoms with van der Waals surface area (Å²) in [5.74, 6) is 0.530. The van der Waals surface area contributed by atoms with Crippen molar-refractivity contribution >= 4 is 48.6 Å². The van der Waals surface area contributed by atoms with E-state index in [9.17, 15) is 0 Å². The third-order valence-electron chi connectivity index (χ3n) is 2.60. The molecule has 0 fully saturated rings. The van der Waals surface area contributed by atoms with Crippen molar-refractivity contribution in [1.82, 2.24) is 4.98 Å². The number of nitrogens with two attached hydrogens (primary N) is 1. The Morgan fingerprint density at radius 3 is 2.56 bits per heavy atom. The molecule has 0 amide bonds. The van der Waals surface area contributed by atoms with Gasteiger partial charge >= 0.3 is 0 Å². The average Bonchev–Trinajstić information content (AvgIpc) is 2.74. The first-order chi connectivity index (χ1) is 8.63. The van der Waals surface area contributed by atoms with Gasteiger partial charge in [-0.1, -0.05) is 31.9 Å². The SMILES string of the molecule is Nc1ccc(Br)cc1-c1nc2cc(Br)ccc2o1. The Hall–Kier alpha value is -1.33. The Balaban J connectivity index is 2.22. The highest BCUT2D eigenvalue weighted by Gasteiger charge is 2.11. The summed E-state index contributed by atoms with van der Waals surface area (Å²) in [6, 6.07) is 11.3. The number of benzene rings is 2. The van der Waals surface area contributed by atoms with Gasteiger partial charge in [0.1, 0.15) is 5.52 Å². The minimum absolute atomic E-state index is 0.530. The number of oxazole rings is 1. The van der Waals surface area contributed by atoms with Gasteiger partial charge in [0.05, 0.1) is 5.56 Å². The first-order valence-corrected chi connectivity index (χ1v) is 6.83. The maximum atomic E-state index is 5.94. The van der Waals surface area contributed by atoms with Crippen molar-refractivity contribution in [1.29, 1.82) is 0 Å². The molecule has 90 valence electrons. The molecule has 0 unspecified atom stereocenters. The van der Waals surface area contributed by atoms with Crippen LogP contribution in [0.25, 0.3) is 22.6 Å². The van der Waals surface area contributed by atoms with E-state index in [1.54, 1.807) is 0 Å². The molecule has 0 radical (unpaired) electrons. The Labute approximate surface area is 120 Å². The molecule has 2 aromatic carbocycles. The number of anilines is 1. The molecule has 5 heteroatoms. The van der Waals surface area contributed by atoms with Gasteiger partial charge in [-0.15, -0.1) is 0 Å². The van der Waals surface area contributed by atoms with E-state index >= 15 is 0 Å². The zero-order chi connectivity index (χ0) is 12.7. The van der Waals surface area contributed by atoms with E-state index in [1.165, 1.54) is 0 Å². The van der Waals surface area contributed by atoms with Crippen LogP contribution in [0.3, 0.4) is 0 Å². The van der Waals surface area contributed by atoms with Crippen LogP contribution in [-0.2, 0) is 0 Å². The molecule has 0 aliphatic rings. The van der Waals surface area contributed by atoms with Crippen LogP contribution < -0.4 is 5.73 Å². The van der Waals surface area contributed by atoms with Gasteiger partial charge in [-0.3, -0.25) is 0 Å². The zero-order valence-electron chi connectivity index (χ0n) is 9.15. The fourth-order valence-corrected chi connectivity index (χ4v) is 2.44. The summed E-state index contributed by atoms with van der Waals surface area (Å²) >= 11 is 6.83. The van der Waals surface area contributed by atoms with E-state index < -0.39 is 0 Å². The number of nitrogens with zero attached hydrogens (tertiary/aromatic N) is 1. The lowest BCUT2D eigenvalue weighted by atomic mass is 10.2. The Bertz CT molecular complexity index is 737. The largest absolute Gasteiger partial charge is 0.436 e. The maximum Gasteiger partial charge on any atom is 0.229 e. The molecule has 0 spiro atoms. The lowest BCUT2D eigenvalue weighted by Crippen LogP contribution is -1.89. The Kier molecular flexibility index (Phi) is 2.87. The van der Waals surface area contributed by atoms with Crippen LogP contribution in [0.15, 0.2) is 49.8 Å². The summed E-state index contributed by atoms with van der Waals surface area (Å²) in [4.78, 5) is 4.45. The second kappa shape index (κ2) is 4.40. The van der Waals surface area contributed by atoms with Crippen LogP contribution in [0.5, 0.6) is 0 Å². The molecule has 3 rings (SSSR count). The number of rotatable bonds is 1. The molecular weight excluding hydrogens is 360 g/mol. The molecule has 0 bridgehead atoms. The maximum absolute atomic E-state index is 5.94. The monoisotopic (exact) mass is 366 g/mol. The number of fused-ring (bicyclic) bond motifs is 1. The van der Waals surface area contributed by atoms with Crippen LogP contribution >= 0.6 is 31.9 Å². The molecule has 18 heavy (non-hydrogen) atoms. The molecule has 3 nitrogen and oxygen atoms in total. The molecule has 3 aromatic rings. The highest BCUT2D eigenvalue weighted by Crippen LogP contribution is 2.31. The quantitative estimate of drug-likeness (QED) is 0.639. The van der Waals surface area contributed by atoms with E-state index in [-0.39, 0.29) is 0 Å². The van der Waals surface area contributed by atoms with Gasteiger partial charge in [-0.25, -0.2) is 4.98 Å². The van der Waals surface area contributed by atoms with E-state index in [2.05, 4.69) is 36.8 Å². The number of hydrogen-bond donors (Lipinski definition) is 1. The van der Waals surface area contributed by atoms with Gasteiger partial charge in [0.15, 0.2) is 5.58 Å². The molecule has 0 aliphatic heterocycles. The van der Waals surface area contributed by atoms with Crippen molar-refractivity contribution in [2.75, 3.05) is 5.73 Å². The number of aromatic nitrogens is 1. The van der Waals surface area contributed by atoms with Crippen LogP contribution in [0.1, 0.15) is 0 Å². The first kappa shape index (κ1) is 11.7. The predicted molar refractivity (Wildman–Crippen MR) is 79.3 cm³/mol. The number of hydrogen-bond acceptors (Lipinski definition) is 3. The van der Waals surface area contributed by atoms with Crippen LogP contribution in [-0.4, -0.2) is 4.98 Å². The van der Waals surface area contributed by atoms with Gasteiger partial charge < -0.3 is 10.2 Å². The summed E-state index contributed by atoms with van der Waals surface area (Å²) < 4.78 is 7.62. The molecule has 0 atom stereocenters. The minimum Gasteiger partial charge on any atom is -0.436 e. The topological polar surface area (TPSA) is 52.0 Å². The summed E-state index contributed by atoms with van der Waals surface area (Å²) in [7, 11) is 0. The van der Waals surface area contributed by atoms with Crippen LogP contribution in [0.4, 0.5) is 5.69 Å². The average molecular weight is 368 g/mol. The Morgan fingerprint density at radius 1 is 1.00 bits per heavy atom. The van der Waals surface area contributed by atoms with Crippen LogP contribution in [0.2, 0.25) is 0 Å². The fourth-order valence-electron chi connectivity index (χ4n) is 1.73. The van der Waals surface area contributed by atoms with Gasteiger partial charge in [-0.2, -0.15) is 0 Å². The number of halogens is 2. The van der Waals surface area contributed by atoms with E-state index in [1.807, 2.05) is 36.4 Å². The highest BCUT2D eigenvalue weighted by molar-refractivity contribution is 9.10.